The van der Waals surface area contributed by atoms with Gasteiger partial charge in [-0.05, 0) is 45.0 Å². The van der Waals surface area contributed by atoms with E-state index >= 15 is 0 Å². The average Bonchev–Trinajstić information content (AvgIpc) is 2.89. The quantitative estimate of drug-likeness (QED) is 0.680. The summed E-state index contributed by atoms with van der Waals surface area (Å²) in [5.74, 6) is -0.377. The van der Waals surface area contributed by atoms with Gasteiger partial charge in [-0.3, -0.25) is 4.98 Å². The average molecular weight is 296 g/mol. The molecule has 0 saturated carbocycles. The summed E-state index contributed by atoms with van der Waals surface area (Å²) < 4.78 is 7.06. The van der Waals surface area contributed by atoms with Gasteiger partial charge in [0.05, 0.1) is 17.5 Å². The lowest BCUT2D eigenvalue weighted by Crippen LogP contribution is -2.23. The number of fused-ring (bicyclic) bond motifs is 1. The van der Waals surface area contributed by atoms with Gasteiger partial charge in [0.1, 0.15) is 11.3 Å². The molecule has 0 radical (unpaired) electrons. The number of aromatic nitrogens is 4. The molecule has 0 aliphatic carbocycles. The van der Waals surface area contributed by atoms with E-state index < -0.39 is 5.60 Å². The number of carbonyl (C=O) groups is 1. The molecule has 0 N–H and O–H groups in total. The largest absolute Gasteiger partial charge is 0.456 e. The number of hydrogen-bond acceptors (Lipinski definition) is 5. The van der Waals surface area contributed by atoms with Gasteiger partial charge in [0.15, 0.2) is 5.65 Å². The fourth-order valence-corrected chi connectivity index (χ4v) is 2.04. The summed E-state index contributed by atoms with van der Waals surface area (Å²) in [5.41, 5.74) is 1.98. The molecular formula is C16H16N4O2. The molecule has 112 valence electrons. The van der Waals surface area contributed by atoms with Crippen molar-refractivity contribution in [2.24, 2.45) is 0 Å². The topological polar surface area (TPSA) is 69.4 Å². The second kappa shape index (κ2) is 5.22. The van der Waals surface area contributed by atoms with Crippen LogP contribution in [0, 0.1) is 0 Å². The zero-order valence-corrected chi connectivity index (χ0v) is 12.6. The number of carbonyl (C=O) groups excluding carboxylic acids is 1. The van der Waals surface area contributed by atoms with Gasteiger partial charge in [-0.25, -0.2) is 14.3 Å². The van der Waals surface area contributed by atoms with Crippen molar-refractivity contribution in [3.63, 3.8) is 0 Å². The SMILES string of the molecule is CC(C)(C)OC(=O)c1ccnc(-c2cnc3cccnn23)c1. The lowest BCUT2D eigenvalue weighted by Gasteiger charge is -2.19. The third-order valence-electron chi connectivity index (χ3n) is 2.93. The number of pyridine rings is 1. The van der Waals surface area contributed by atoms with E-state index in [0.29, 0.717) is 11.3 Å². The van der Waals surface area contributed by atoms with E-state index in [4.69, 9.17) is 4.74 Å². The second-order valence-electron chi connectivity index (χ2n) is 5.87. The van der Waals surface area contributed by atoms with Crippen molar-refractivity contribution in [2.45, 2.75) is 26.4 Å². The monoisotopic (exact) mass is 296 g/mol. The van der Waals surface area contributed by atoms with Gasteiger partial charge >= 0.3 is 5.97 Å². The number of ether oxygens (including phenoxy) is 1. The lowest BCUT2D eigenvalue weighted by molar-refractivity contribution is 0.00694. The molecule has 3 rings (SSSR count). The summed E-state index contributed by atoms with van der Waals surface area (Å²) in [7, 11) is 0. The van der Waals surface area contributed by atoms with Crippen LogP contribution in [-0.4, -0.2) is 31.2 Å². The molecular weight excluding hydrogens is 280 g/mol. The maximum absolute atomic E-state index is 12.2. The molecule has 0 fully saturated rings. The van der Waals surface area contributed by atoms with Crippen molar-refractivity contribution in [1.82, 2.24) is 19.6 Å². The summed E-state index contributed by atoms with van der Waals surface area (Å²) in [5, 5.41) is 4.25. The molecule has 0 aliphatic heterocycles. The van der Waals surface area contributed by atoms with Crippen LogP contribution in [0.5, 0.6) is 0 Å². The molecule has 0 spiro atoms. The van der Waals surface area contributed by atoms with Crippen LogP contribution in [0.3, 0.4) is 0 Å². The molecule has 0 aromatic carbocycles. The Hall–Kier alpha value is -2.76. The number of rotatable bonds is 2. The highest BCUT2D eigenvalue weighted by Gasteiger charge is 2.19. The van der Waals surface area contributed by atoms with E-state index in [1.807, 2.05) is 32.9 Å². The maximum Gasteiger partial charge on any atom is 0.338 e. The molecule has 22 heavy (non-hydrogen) atoms. The van der Waals surface area contributed by atoms with E-state index in [1.165, 1.54) is 0 Å². The van der Waals surface area contributed by atoms with E-state index in [2.05, 4.69) is 15.1 Å². The van der Waals surface area contributed by atoms with Gasteiger partial charge in [0.2, 0.25) is 0 Å². The van der Waals surface area contributed by atoms with Gasteiger partial charge in [-0.15, -0.1) is 0 Å². The highest BCUT2D eigenvalue weighted by molar-refractivity contribution is 5.90. The van der Waals surface area contributed by atoms with Gasteiger partial charge < -0.3 is 4.74 Å². The highest BCUT2D eigenvalue weighted by atomic mass is 16.6. The molecule has 3 heterocycles. The van der Waals surface area contributed by atoms with Gasteiger partial charge in [-0.1, -0.05) is 0 Å². The van der Waals surface area contributed by atoms with Crippen LogP contribution in [0.4, 0.5) is 0 Å². The fraction of sp³-hybridized carbons (Fsp3) is 0.250. The Morgan fingerprint density at radius 3 is 2.77 bits per heavy atom. The smallest absolute Gasteiger partial charge is 0.338 e. The maximum atomic E-state index is 12.2. The minimum Gasteiger partial charge on any atom is -0.456 e. The third kappa shape index (κ3) is 2.81. The molecule has 0 saturated heterocycles. The minimum absolute atomic E-state index is 0.377. The normalized spacial score (nSPS) is 11.6. The van der Waals surface area contributed by atoms with E-state index in [9.17, 15) is 4.79 Å². The Kier molecular flexibility index (Phi) is 3.36. The summed E-state index contributed by atoms with van der Waals surface area (Å²) >= 11 is 0. The molecule has 0 atom stereocenters. The summed E-state index contributed by atoms with van der Waals surface area (Å²) in [6.07, 6.45) is 4.94. The van der Waals surface area contributed by atoms with Crippen molar-refractivity contribution in [3.05, 3.63) is 48.4 Å². The van der Waals surface area contributed by atoms with Crippen LogP contribution in [0.15, 0.2) is 42.9 Å². The van der Waals surface area contributed by atoms with E-state index in [-0.39, 0.29) is 5.97 Å². The molecule has 0 bridgehead atoms. The van der Waals surface area contributed by atoms with Crippen LogP contribution in [0.25, 0.3) is 17.0 Å². The number of imidazole rings is 1. The summed E-state index contributed by atoms with van der Waals surface area (Å²) in [6, 6.07) is 6.99. The first-order valence-electron chi connectivity index (χ1n) is 6.92. The van der Waals surface area contributed by atoms with E-state index in [1.54, 1.807) is 35.2 Å². The molecule has 3 aromatic rings. The first-order chi connectivity index (χ1) is 10.4. The molecule has 6 heteroatoms. The standard InChI is InChI=1S/C16H16N4O2/c1-16(2,3)22-15(21)11-6-8-17-12(9-11)13-10-18-14-5-4-7-19-20(13)14/h4-10H,1-3H3. The first-order valence-corrected chi connectivity index (χ1v) is 6.92. The Morgan fingerprint density at radius 2 is 2.00 bits per heavy atom. The van der Waals surface area contributed by atoms with E-state index in [0.717, 1.165) is 11.3 Å². The zero-order chi connectivity index (χ0) is 15.7. The predicted octanol–water partition coefficient (Wildman–Crippen LogP) is 2.75. The number of nitrogens with zero attached hydrogens (tertiary/aromatic N) is 4. The van der Waals surface area contributed by atoms with Crippen LogP contribution >= 0.6 is 0 Å². The molecule has 0 unspecified atom stereocenters. The van der Waals surface area contributed by atoms with Crippen LogP contribution in [-0.2, 0) is 4.74 Å². The number of esters is 1. The first kappa shape index (κ1) is 14.2. The fourth-order valence-electron chi connectivity index (χ4n) is 2.04. The predicted molar refractivity (Wildman–Crippen MR) is 81.4 cm³/mol. The second-order valence-corrected chi connectivity index (χ2v) is 5.87. The van der Waals surface area contributed by atoms with Crippen molar-refractivity contribution >= 4 is 11.6 Å². The highest BCUT2D eigenvalue weighted by Crippen LogP contribution is 2.20. The molecule has 0 amide bonds. The van der Waals surface area contributed by atoms with Crippen molar-refractivity contribution < 1.29 is 9.53 Å². The Balaban J connectivity index is 1.99. The minimum atomic E-state index is -0.536. The molecule has 6 nitrogen and oxygen atoms in total. The lowest BCUT2D eigenvalue weighted by atomic mass is 10.1. The van der Waals surface area contributed by atoms with Crippen LogP contribution < -0.4 is 0 Å². The number of hydrogen-bond donors (Lipinski definition) is 0. The van der Waals surface area contributed by atoms with Crippen molar-refractivity contribution in [2.75, 3.05) is 0 Å². The van der Waals surface area contributed by atoms with Crippen molar-refractivity contribution in [3.8, 4) is 11.4 Å². The van der Waals surface area contributed by atoms with Crippen LogP contribution in [0.1, 0.15) is 31.1 Å². The molecule has 3 aromatic heterocycles. The Morgan fingerprint density at radius 1 is 1.18 bits per heavy atom. The van der Waals surface area contributed by atoms with Crippen LogP contribution in [0.2, 0.25) is 0 Å². The zero-order valence-electron chi connectivity index (χ0n) is 12.6. The summed E-state index contributed by atoms with van der Waals surface area (Å²) in [6.45, 7) is 5.50. The molecule has 0 aliphatic rings. The van der Waals surface area contributed by atoms with Gasteiger partial charge in [-0.2, -0.15) is 5.10 Å². The Labute approximate surface area is 127 Å². The van der Waals surface area contributed by atoms with Gasteiger partial charge in [0, 0.05) is 12.4 Å². The third-order valence-corrected chi connectivity index (χ3v) is 2.93. The Bertz CT molecular complexity index is 833. The van der Waals surface area contributed by atoms with Crippen molar-refractivity contribution in [1.29, 1.82) is 0 Å². The van der Waals surface area contributed by atoms with Gasteiger partial charge in [0.25, 0.3) is 0 Å². The summed E-state index contributed by atoms with van der Waals surface area (Å²) in [4.78, 5) is 20.7.